The molecule has 0 spiro atoms. The monoisotopic (exact) mass is 409 g/mol. The zero-order valence-corrected chi connectivity index (χ0v) is 16.2. The number of sulfonamides is 1. The number of fused-ring (bicyclic) bond motifs is 2. The van der Waals surface area contributed by atoms with Gasteiger partial charge in [-0.2, -0.15) is 4.31 Å². The molecule has 0 N–H and O–H groups in total. The van der Waals surface area contributed by atoms with Gasteiger partial charge < -0.3 is 0 Å². The number of benzene rings is 2. The highest BCUT2D eigenvalue weighted by Crippen LogP contribution is 2.42. The molecule has 2 aromatic rings. The lowest BCUT2D eigenvalue weighted by molar-refractivity contribution is 0.249. The van der Waals surface area contributed by atoms with Gasteiger partial charge in [0.05, 0.1) is 15.0 Å². The predicted molar refractivity (Wildman–Crippen MR) is 98.9 cm³/mol. The first-order chi connectivity index (χ1) is 12.8. The summed E-state index contributed by atoms with van der Waals surface area (Å²) in [7, 11) is -7.27. The molecule has 4 rings (SSSR count). The van der Waals surface area contributed by atoms with Crippen molar-refractivity contribution in [1.29, 1.82) is 0 Å². The average Bonchev–Trinajstić information content (AvgIpc) is 2.94. The van der Waals surface area contributed by atoms with Crippen molar-refractivity contribution in [3.8, 4) is 0 Å². The Kier molecular flexibility index (Phi) is 4.60. The third-order valence-electron chi connectivity index (χ3n) is 5.52. The van der Waals surface area contributed by atoms with Gasteiger partial charge in [0.2, 0.25) is 10.0 Å². The van der Waals surface area contributed by atoms with Gasteiger partial charge in [-0.3, -0.25) is 0 Å². The van der Waals surface area contributed by atoms with Crippen LogP contribution < -0.4 is 0 Å². The molecule has 2 aliphatic heterocycles. The maximum absolute atomic E-state index is 13.2. The van der Waals surface area contributed by atoms with E-state index < -0.39 is 30.9 Å². The molecule has 5 nitrogen and oxygen atoms in total. The number of hydrogen-bond donors (Lipinski definition) is 0. The summed E-state index contributed by atoms with van der Waals surface area (Å²) in [6.45, 7) is 0. The van der Waals surface area contributed by atoms with Gasteiger partial charge in [0.1, 0.15) is 5.82 Å². The third-order valence-corrected chi connectivity index (χ3v) is 9.73. The lowest BCUT2D eigenvalue weighted by atomic mass is 10.1. The molecule has 2 heterocycles. The van der Waals surface area contributed by atoms with E-state index >= 15 is 0 Å². The second-order valence-electron chi connectivity index (χ2n) is 7.13. The minimum Gasteiger partial charge on any atom is -0.223 e. The van der Waals surface area contributed by atoms with Crippen LogP contribution in [0.25, 0.3) is 0 Å². The summed E-state index contributed by atoms with van der Waals surface area (Å²) in [6, 6.07) is 12.4. The summed E-state index contributed by atoms with van der Waals surface area (Å²) in [5.74, 6) is -0.496. The number of halogens is 1. The van der Waals surface area contributed by atoms with E-state index in [0.717, 1.165) is 12.1 Å². The zero-order valence-electron chi connectivity index (χ0n) is 14.5. The highest BCUT2D eigenvalue weighted by atomic mass is 32.2. The standard InChI is InChI=1S/C19H20FNO4S2/c20-14-6-10-18(11-7-14)27(24,25)21-15-8-9-16(21)13-19(12-15)26(22,23)17-4-2-1-3-5-17/h1-7,10-11,15-16,19H,8-9,12-13H2. The molecule has 2 aliphatic rings. The Bertz CT molecular complexity index is 1020. The van der Waals surface area contributed by atoms with Gasteiger partial charge in [-0.05, 0) is 62.1 Å². The first-order valence-electron chi connectivity index (χ1n) is 8.88. The Morgan fingerprint density at radius 3 is 1.89 bits per heavy atom. The van der Waals surface area contributed by atoms with Gasteiger partial charge >= 0.3 is 0 Å². The Morgan fingerprint density at radius 1 is 0.778 bits per heavy atom. The van der Waals surface area contributed by atoms with Crippen LogP contribution in [0.1, 0.15) is 25.7 Å². The second kappa shape index (κ2) is 6.68. The van der Waals surface area contributed by atoms with Crippen LogP contribution in [-0.4, -0.2) is 38.5 Å². The number of piperidine rings is 1. The summed E-state index contributed by atoms with van der Waals surface area (Å²) in [5, 5.41) is -0.586. The van der Waals surface area contributed by atoms with E-state index in [1.165, 1.54) is 16.4 Å². The minimum absolute atomic E-state index is 0.0465. The SMILES string of the molecule is O=S(=O)(c1ccccc1)C1CC2CCC(C1)N2S(=O)(=O)c1ccc(F)cc1. The van der Waals surface area contributed by atoms with Crippen molar-refractivity contribution in [2.75, 3.05) is 0 Å². The minimum atomic E-state index is -3.78. The highest BCUT2D eigenvalue weighted by molar-refractivity contribution is 7.92. The quantitative estimate of drug-likeness (QED) is 0.778. The smallest absolute Gasteiger partial charge is 0.223 e. The molecule has 2 fully saturated rings. The van der Waals surface area contributed by atoms with Gasteiger partial charge in [-0.1, -0.05) is 18.2 Å². The van der Waals surface area contributed by atoms with Crippen LogP contribution in [0.3, 0.4) is 0 Å². The molecule has 0 amide bonds. The van der Waals surface area contributed by atoms with Crippen LogP contribution in [0, 0.1) is 5.82 Å². The number of hydrogen-bond acceptors (Lipinski definition) is 4. The normalized spacial score (nSPS) is 26.2. The van der Waals surface area contributed by atoms with Crippen LogP contribution >= 0.6 is 0 Å². The van der Waals surface area contributed by atoms with E-state index in [1.54, 1.807) is 30.3 Å². The molecular formula is C19H20FNO4S2. The molecule has 8 heteroatoms. The maximum atomic E-state index is 13.2. The summed E-state index contributed by atoms with van der Waals surface area (Å²) in [4.78, 5) is 0.328. The molecule has 2 atom stereocenters. The van der Waals surface area contributed by atoms with Crippen LogP contribution in [0.2, 0.25) is 0 Å². The first kappa shape index (κ1) is 18.6. The van der Waals surface area contributed by atoms with E-state index in [2.05, 4.69) is 0 Å². The fourth-order valence-electron chi connectivity index (χ4n) is 4.26. The average molecular weight is 410 g/mol. The predicted octanol–water partition coefficient (Wildman–Crippen LogP) is 2.98. The zero-order chi connectivity index (χ0) is 19.2. The van der Waals surface area contributed by atoms with Gasteiger partial charge in [0.15, 0.2) is 9.84 Å². The van der Waals surface area contributed by atoms with Gasteiger partial charge in [-0.15, -0.1) is 0 Å². The van der Waals surface area contributed by atoms with Crippen molar-refractivity contribution < 1.29 is 21.2 Å². The van der Waals surface area contributed by atoms with E-state index in [0.29, 0.717) is 12.8 Å². The van der Waals surface area contributed by atoms with Crippen molar-refractivity contribution in [3.63, 3.8) is 0 Å². The lowest BCUT2D eigenvalue weighted by Crippen LogP contribution is -2.49. The van der Waals surface area contributed by atoms with Gasteiger partial charge in [0, 0.05) is 12.1 Å². The van der Waals surface area contributed by atoms with Crippen molar-refractivity contribution in [3.05, 3.63) is 60.4 Å². The first-order valence-corrected chi connectivity index (χ1v) is 11.9. The van der Waals surface area contributed by atoms with E-state index in [9.17, 15) is 21.2 Å². The molecule has 144 valence electrons. The molecule has 2 aromatic carbocycles. The molecule has 2 unspecified atom stereocenters. The Balaban J connectivity index is 1.62. The molecule has 0 aromatic heterocycles. The number of rotatable bonds is 4. The van der Waals surface area contributed by atoms with Crippen LogP contribution in [0.4, 0.5) is 4.39 Å². The molecule has 2 saturated heterocycles. The summed E-state index contributed by atoms with van der Waals surface area (Å²) in [5.41, 5.74) is 0. The molecule has 0 aliphatic carbocycles. The fraction of sp³-hybridized carbons (Fsp3) is 0.368. The maximum Gasteiger partial charge on any atom is 0.243 e. The number of sulfone groups is 1. The lowest BCUT2D eigenvalue weighted by Gasteiger charge is -2.37. The summed E-state index contributed by atoms with van der Waals surface area (Å²) < 4.78 is 66.6. The van der Waals surface area contributed by atoms with Crippen LogP contribution in [0.5, 0.6) is 0 Å². The topological polar surface area (TPSA) is 71.5 Å². The number of nitrogens with zero attached hydrogens (tertiary/aromatic N) is 1. The largest absolute Gasteiger partial charge is 0.243 e. The molecule has 0 radical (unpaired) electrons. The van der Waals surface area contributed by atoms with Gasteiger partial charge in [0.25, 0.3) is 0 Å². The molecule has 2 bridgehead atoms. The second-order valence-corrected chi connectivity index (χ2v) is 11.2. The Morgan fingerprint density at radius 2 is 1.33 bits per heavy atom. The van der Waals surface area contributed by atoms with Crippen molar-refractivity contribution >= 4 is 19.9 Å². The van der Waals surface area contributed by atoms with Gasteiger partial charge in [-0.25, -0.2) is 21.2 Å². The van der Waals surface area contributed by atoms with Crippen LogP contribution in [0.15, 0.2) is 64.4 Å². The van der Waals surface area contributed by atoms with E-state index in [-0.39, 0.29) is 34.7 Å². The van der Waals surface area contributed by atoms with Crippen molar-refractivity contribution in [2.45, 2.75) is 52.8 Å². The summed E-state index contributed by atoms with van der Waals surface area (Å²) >= 11 is 0. The van der Waals surface area contributed by atoms with Crippen LogP contribution in [-0.2, 0) is 19.9 Å². The Labute approximate surface area is 158 Å². The fourth-order valence-corrected chi connectivity index (χ4v) is 8.02. The molecule has 27 heavy (non-hydrogen) atoms. The van der Waals surface area contributed by atoms with E-state index in [1.807, 2.05) is 0 Å². The summed E-state index contributed by atoms with van der Waals surface area (Å²) in [6.07, 6.45) is 1.86. The van der Waals surface area contributed by atoms with Crippen molar-refractivity contribution in [2.24, 2.45) is 0 Å². The van der Waals surface area contributed by atoms with E-state index in [4.69, 9.17) is 0 Å². The third kappa shape index (κ3) is 3.19. The molecular weight excluding hydrogens is 389 g/mol. The van der Waals surface area contributed by atoms with Crippen molar-refractivity contribution in [1.82, 2.24) is 4.31 Å². The Hall–Kier alpha value is -1.77. The molecule has 0 saturated carbocycles. The highest BCUT2D eigenvalue weighted by Gasteiger charge is 2.50.